The molecular formula is C16H20N4O2S. The Morgan fingerprint density at radius 1 is 1.35 bits per heavy atom. The number of amides is 1. The van der Waals surface area contributed by atoms with Crippen LogP contribution in [0.25, 0.3) is 0 Å². The molecule has 1 unspecified atom stereocenters. The van der Waals surface area contributed by atoms with Gasteiger partial charge in [-0.2, -0.15) is 0 Å². The third kappa shape index (κ3) is 2.69. The molecule has 1 amide bonds. The van der Waals surface area contributed by atoms with Gasteiger partial charge in [-0.1, -0.05) is 0 Å². The van der Waals surface area contributed by atoms with Gasteiger partial charge in [0.05, 0.1) is 10.5 Å². The molecule has 23 heavy (non-hydrogen) atoms. The van der Waals surface area contributed by atoms with Crippen LogP contribution in [0.1, 0.15) is 51.7 Å². The quantitative estimate of drug-likeness (QED) is 0.915. The first-order chi connectivity index (χ1) is 10.8. The number of nitrogens with zero attached hydrogens (tertiary/aromatic N) is 3. The van der Waals surface area contributed by atoms with Gasteiger partial charge in [0, 0.05) is 23.2 Å². The van der Waals surface area contributed by atoms with E-state index in [1.807, 2.05) is 20.8 Å². The fourth-order valence-corrected chi connectivity index (χ4v) is 4.03. The van der Waals surface area contributed by atoms with Crippen LogP contribution in [0.3, 0.4) is 0 Å². The molecule has 6 nitrogen and oxygen atoms in total. The Morgan fingerprint density at radius 3 is 2.70 bits per heavy atom. The number of aromatic amines is 1. The monoisotopic (exact) mass is 332 g/mol. The van der Waals surface area contributed by atoms with Gasteiger partial charge in [0.1, 0.15) is 11.5 Å². The van der Waals surface area contributed by atoms with Crippen molar-refractivity contribution >= 4 is 17.2 Å². The van der Waals surface area contributed by atoms with Crippen LogP contribution in [0, 0.1) is 20.8 Å². The summed E-state index contributed by atoms with van der Waals surface area (Å²) in [6.45, 7) is 8.21. The number of nitrogens with one attached hydrogen (secondary N) is 1. The molecule has 7 heteroatoms. The SMILES string of the molecule is Cc1cc(=O)[nH]c(C2(C)CCCN2C(=O)c2nc(C)sc2C)n1. The van der Waals surface area contributed by atoms with Crippen LogP contribution < -0.4 is 5.56 Å². The lowest BCUT2D eigenvalue weighted by Crippen LogP contribution is -2.45. The van der Waals surface area contributed by atoms with Gasteiger partial charge in [-0.05, 0) is 40.5 Å². The fourth-order valence-electron chi connectivity index (χ4n) is 3.22. The number of aromatic nitrogens is 3. The summed E-state index contributed by atoms with van der Waals surface area (Å²) in [6.07, 6.45) is 1.65. The van der Waals surface area contributed by atoms with Crippen LogP contribution in [-0.2, 0) is 5.54 Å². The standard InChI is InChI=1S/C16H20N4O2S/c1-9-8-12(21)19-15(17-9)16(4)6-5-7-20(16)14(22)13-10(2)23-11(3)18-13/h8H,5-7H2,1-4H3,(H,17,19,21). The molecule has 3 heterocycles. The Balaban J connectivity index is 2.03. The lowest BCUT2D eigenvalue weighted by Gasteiger charge is -2.34. The van der Waals surface area contributed by atoms with Gasteiger partial charge >= 0.3 is 0 Å². The van der Waals surface area contributed by atoms with Gasteiger partial charge in [-0.25, -0.2) is 9.97 Å². The Morgan fingerprint density at radius 2 is 2.09 bits per heavy atom. The number of rotatable bonds is 2. The largest absolute Gasteiger partial charge is 0.325 e. The van der Waals surface area contributed by atoms with E-state index in [0.717, 1.165) is 22.7 Å². The number of hydrogen-bond donors (Lipinski definition) is 1. The van der Waals surface area contributed by atoms with Gasteiger partial charge < -0.3 is 9.88 Å². The molecule has 1 N–H and O–H groups in total. The number of H-pyrrole nitrogens is 1. The highest BCUT2D eigenvalue weighted by Crippen LogP contribution is 2.38. The van der Waals surface area contributed by atoms with Crippen molar-refractivity contribution in [3.05, 3.63) is 43.5 Å². The second-order valence-electron chi connectivity index (χ2n) is 6.21. The average molecular weight is 332 g/mol. The van der Waals surface area contributed by atoms with Crippen molar-refractivity contribution < 1.29 is 4.79 Å². The number of carbonyl (C=O) groups excluding carboxylic acids is 1. The van der Waals surface area contributed by atoms with E-state index in [9.17, 15) is 9.59 Å². The second-order valence-corrected chi connectivity index (χ2v) is 7.61. The normalized spacial score (nSPS) is 21.0. The fraction of sp³-hybridized carbons (Fsp3) is 0.500. The smallest absolute Gasteiger partial charge is 0.274 e. The average Bonchev–Trinajstić information content (AvgIpc) is 3.01. The highest BCUT2D eigenvalue weighted by Gasteiger charge is 2.44. The highest BCUT2D eigenvalue weighted by molar-refractivity contribution is 7.11. The molecule has 1 aliphatic heterocycles. The van der Waals surface area contributed by atoms with E-state index in [1.54, 1.807) is 11.8 Å². The maximum atomic E-state index is 13.0. The van der Waals surface area contributed by atoms with Crippen LogP contribution in [-0.4, -0.2) is 32.3 Å². The van der Waals surface area contributed by atoms with Crippen molar-refractivity contribution in [3.63, 3.8) is 0 Å². The predicted octanol–water partition coefficient (Wildman–Crippen LogP) is 2.30. The molecule has 3 rings (SSSR count). The van der Waals surface area contributed by atoms with Crippen LogP contribution in [0.4, 0.5) is 0 Å². The van der Waals surface area contributed by atoms with E-state index >= 15 is 0 Å². The maximum Gasteiger partial charge on any atom is 0.274 e. The third-order valence-electron chi connectivity index (χ3n) is 4.37. The summed E-state index contributed by atoms with van der Waals surface area (Å²) >= 11 is 1.53. The molecular weight excluding hydrogens is 312 g/mol. The zero-order chi connectivity index (χ0) is 16.8. The highest BCUT2D eigenvalue weighted by atomic mass is 32.1. The number of likely N-dealkylation sites (tertiary alicyclic amines) is 1. The van der Waals surface area contributed by atoms with E-state index < -0.39 is 5.54 Å². The summed E-state index contributed by atoms with van der Waals surface area (Å²) in [7, 11) is 0. The van der Waals surface area contributed by atoms with Gasteiger partial charge in [-0.3, -0.25) is 9.59 Å². The van der Waals surface area contributed by atoms with Crippen molar-refractivity contribution in [2.24, 2.45) is 0 Å². The molecule has 0 aromatic carbocycles. The van der Waals surface area contributed by atoms with Crippen LogP contribution >= 0.6 is 11.3 Å². The van der Waals surface area contributed by atoms with Crippen molar-refractivity contribution in [2.75, 3.05) is 6.54 Å². The zero-order valence-corrected chi connectivity index (χ0v) is 14.6. The molecule has 0 aliphatic carbocycles. The van der Waals surface area contributed by atoms with Gasteiger partial charge in [-0.15, -0.1) is 11.3 Å². The minimum absolute atomic E-state index is 0.0870. The van der Waals surface area contributed by atoms with E-state index in [0.29, 0.717) is 23.8 Å². The summed E-state index contributed by atoms with van der Waals surface area (Å²) in [4.78, 5) is 39.2. The second kappa shape index (κ2) is 5.56. The summed E-state index contributed by atoms with van der Waals surface area (Å²) in [5.41, 5.74) is 0.376. The van der Waals surface area contributed by atoms with E-state index in [2.05, 4.69) is 15.0 Å². The molecule has 1 atom stereocenters. The van der Waals surface area contributed by atoms with Crippen LogP contribution in [0.15, 0.2) is 10.9 Å². The molecule has 122 valence electrons. The lowest BCUT2D eigenvalue weighted by molar-refractivity contribution is 0.0597. The molecule has 2 aromatic heterocycles. The molecule has 1 aliphatic rings. The first kappa shape index (κ1) is 15.9. The number of hydrogen-bond acceptors (Lipinski definition) is 5. The van der Waals surface area contributed by atoms with E-state index in [-0.39, 0.29) is 11.5 Å². The maximum absolute atomic E-state index is 13.0. The molecule has 0 saturated carbocycles. The molecule has 1 fully saturated rings. The van der Waals surface area contributed by atoms with Gasteiger partial charge in [0.25, 0.3) is 11.5 Å². The van der Waals surface area contributed by atoms with Crippen molar-refractivity contribution in [1.82, 2.24) is 19.9 Å². The van der Waals surface area contributed by atoms with Gasteiger partial charge in [0.15, 0.2) is 0 Å². The summed E-state index contributed by atoms with van der Waals surface area (Å²) < 4.78 is 0. The molecule has 0 bridgehead atoms. The first-order valence-electron chi connectivity index (χ1n) is 7.66. The van der Waals surface area contributed by atoms with Gasteiger partial charge in [0.2, 0.25) is 0 Å². The summed E-state index contributed by atoms with van der Waals surface area (Å²) in [6, 6.07) is 1.46. The number of aryl methyl sites for hydroxylation is 3. The Hall–Kier alpha value is -2.02. The van der Waals surface area contributed by atoms with E-state index in [1.165, 1.54) is 17.4 Å². The molecule has 1 saturated heterocycles. The Bertz CT molecular complexity index is 826. The zero-order valence-electron chi connectivity index (χ0n) is 13.8. The summed E-state index contributed by atoms with van der Waals surface area (Å²) in [5.74, 6) is 0.467. The first-order valence-corrected chi connectivity index (χ1v) is 8.47. The minimum Gasteiger partial charge on any atom is -0.325 e. The molecule has 0 radical (unpaired) electrons. The van der Waals surface area contributed by atoms with Crippen LogP contribution in [0.2, 0.25) is 0 Å². The number of carbonyl (C=O) groups is 1. The molecule has 0 spiro atoms. The van der Waals surface area contributed by atoms with Crippen LogP contribution in [0.5, 0.6) is 0 Å². The lowest BCUT2D eigenvalue weighted by atomic mass is 9.97. The predicted molar refractivity (Wildman–Crippen MR) is 88.8 cm³/mol. The Kier molecular flexibility index (Phi) is 3.83. The summed E-state index contributed by atoms with van der Waals surface area (Å²) in [5, 5.41) is 0.883. The molecule has 2 aromatic rings. The van der Waals surface area contributed by atoms with Crippen molar-refractivity contribution in [1.29, 1.82) is 0 Å². The topological polar surface area (TPSA) is 79.0 Å². The van der Waals surface area contributed by atoms with Crippen molar-refractivity contribution in [2.45, 2.75) is 46.1 Å². The van der Waals surface area contributed by atoms with Crippen molar-refractivity contribution in [3.8, 4) is 0 Å². The van der Waals surface area contributed by atoms with E-state index in [4.69, 9.17) is 0 Å². The Labute approximate surface area is 138 Å². The number of thiazole rings is 1. The third-order valence-corrected chi connectivity index (χ3v) is 5.26. The minimum atomic E-state index is -0.605.